The van der Waals surface area contributed by atoms with Crippen LogP contribution in [0.5, 0.6) is 0 Å². The van der Waals surface area contributed by atoms with Crippen molar-refractivity contribution in [3.05, 3.63) is 0 Å². The maximum Gasteiger partial charge on any atom is 0.138 e. The average Bonchev–Trinajstić information content (AvgIpc) is 2.38. The summed E-state index contributed by atoms with van der Waals surface area (Å²) in [5.41, 5.74) is 0. The lowest BCUT2D eigenvalue weighted by molar-refractivity contribution is -0.128. The van der Waals surface area contributed by atoms with Crippen molar-refractivity contribution in [2.45, 2.75) is 90.1 Å². The van der Waals surface area contributed by atoms with Gasteiger partial charge >= 0.3 is 0 Å². The largest absolute Gasteiger partial charge is 0.392 e. The van der Waals surface area contributed by atoms with E-state index in [0.717, 1.165) is 32.1 Å². The standard InChI is InChI=1S/C16H30O2/c1-2-3-4-5-6-7-8-12-15(17)14-11-9-10-13-16(14)18/h14-15,17H,2-13H2,1H3/t14-,15-/m0/s1. The Balaban J connectivity index is 2.02. The highest BCUT2D eigenvalue weighted by Gasteiger charge is 2.28. The highest BCUT2D eigenvalue weighted by Crippen LogP contribution is 2.26. The third-order valence-electron chi connectivity index (χ3n) is 4.17. The smallest absolute Gasteiger partial charge is 0.138 e. The molecule has 0 aromatic carbocycles. The molecule has 0 aliphatic heterocycles. The van der Waals surface area contributed by atoms with Crippen molar-refractivity contribution in [3.63, 3.8) is 0 Å². The van der Waals surface area contributed by atoms with E-state index in [1.165, 1.54) is 38.5 Å². The van der Waals surface area contributed by atoms with E-state index in [1.807, 2.05) is 0 Å². The van der Waals surface area contributed by atoms with Gasteiger partial charge in [-0.3, -0.25) is 4.79 Å². The van der Waals surface area contributed by atoms with E-state index in [9.17, 15) is 9.90 Å². The number of aliphatic hydroxyl groups excluding tert-OH is 1. The molecule has 1 fully saturated rings. The summed E-state index contributed by atoms with van der Waals surface area (Å²) in [6, 6.07) is 0. The highest BCUT2D eigenvalue weighted by atomic mass is 16.3. The van der Waals surface area contributed by atoms with Gasteiger partial charge in [0.15, 0.2) is 0 Å². The Bertz CT molecular complexity index is 225. The van der Waals surface area contributed by atoms with Crippen molar-refractivity contribution >= 4 is 5.78 Å². The highest BCUT2D eigenvalue weighted by molar-refractivity contribution is 5.82. The quantitative estimate of drug-likeness (QED) is 0.625. The zero-order valence-corrected chi connectivity index (χ0v) is 12.0. The van der Waals surface area contributed by atoms with Crippen LogP contribution >= 0.6 is 0 Å². The van der Waals surface area contributed by atoms with Crippen LogP contribution in [0.25, 0.3) is 0 Å². The van der Waals surface area contributed by atoms with Gasteiger partial charge in [0.05, 0.1) is 6.10 Å². The number of unbranched alkanes of at least 4 members (excludes halogenated alkanes) is 6. The average molecular weight is 254 g/mol. The van der Waals surface area contributed by atoms with Crippen LogP contribution in [-0.2, 0) is 4.79 Å². The zero-order chi connectivity index (χ0) is 13.2. The van der Waals surface area contributed by atoms with E-state index in [4.69, 9.17) is 0 Å². The Hall–Kier alpha value is -0.370. The third kappa shape index (κ3) is 5.99. The molecule has 1 aliphatic rings. The third-order valence-corrected chi connectivity index (χ3v) is 4.17. The maximum atomic E-state index is 11.7. The van der Waals surface area contributed by atoms with Crippen LogP contribution in [-0.4, -0.2) is 17.0 Å². The summed E-state index contributed by atoms with van der Waals surface area (Å²) in [7, 11) is 0. The molecule has 0 heterocycles. The minimum absolute atomic E-state index is 0.0427. The van der Waals surface area contributed by atoms with Crippen molar-refractivity contribution in [2.24, 2.45) is 5.92 Å². The van der Waals surface area contributed by atoms with Crippen molar-refractivity contribution in [2.75, 3.05) is 0 Å². The van der Waals surface area contributed by atoms with E-state index >= 15 is 0 Å². The number of carbonyl (C=O) groups is 1. The minimum atomic E-state index is -0.367. The van der Waals surface area contributed by atoms with E-state index in [0.29, 0.717) is 12.2 Å². The van der Waals surface area contributed by atoms with Crippen molar-refractivity contribution in [3.8, 4) is 0 Å². The topological polar surface area (TPSA) is 37.3 Å². The van der Waals surface area contributed by atoms with E-state index < -0.39 is 0 Å². The normalized spacial score (nSPS) is 22.1. The molecule has 0 aromatic rings. The molecule has 0 amide bonds. The summed E-state index contributed by atoms with van der Waals surface area (Å²) in [5, 5.41) is 10.1. The van der Waals surface area contributed by atoms with E-state index in [2.05, 4.69) is 6.92 Å². The van der Waals surface area contributed by atoms with Crippen LogP contribution in [0.15, 0.2) is 0 Å². The molecule has 1 N–H and O–H groups in total. The summed E-state index contributed by atoms with van der Waals surface area (Å²) in [4.78, 5) is 11.7. The SMILES string of the molecule is CCCCCCCCC[C@H](O)[C@@H]1CCCCC1=O. The van der Waals surface area contributed by atoms with Gasteiger partial charge in [0, 0.05) is 12.3 Å². The van der Waals surface area contributed by atoms with Gasteiger partial charge < -0.3 is 5.11 Å². The number of hydrogen-bond donors (Lipinski definition) is 1. The molecule has 0 bridgehead atoms. The van der Waals surface area contributed by atoms with Gasteiger partial charge in [-0.05, 0) is 19.3 Å². The molecule has 0 saturated heterocycles. The molecule has 0 unspecified atom stereocenters. The van der Waals surface area contributed by atoms with Crippen LogP contribution in [0, 0.1) is 5.92 Å². The second kappa shape index (κ2) is 9.55. The molecular formula is C16H30O2. The summed E-state index contributed by atoms with van der Waals surface area (Å²) in [5.74, 6) is 0.260. The molecule has 0 spiro atoms. The van der Waals surface area contributed by atoms with Gasteiger partial charge in [-0.2, -0.15) is 0 Å². The maximum absolute atomic E-state index is 11.7. The number of carbonyl (C=O) groups excluding carboxylic acids is 1. The Labute approximate surface area is 112 Å². The van der Waals surface area contributed by atoms with Gasteiger partial charge in [0.2, 0.25) is 0 Å². The predicted molar refractivity (Wildman–Crippen MR) is 75.6 cm³/mol. The van der Waals surface area contributed by atoms with Crippen LogP contribution in [0.3, 0.4) is 0 Å². The fourth-order valence-corrected chi connectivity index (χ4v) is 2.93. The summed E-state index contributed by atoms with van der Waals surface area (Å²) in [6.45, 7) is 2.23. The van der Waals surface area contributed by atoms with E-state index in [1.54, 1.807) is 0 Å². The fraction of sp³-hybridized carbons (Fsp3) is 0.938. The Morgan fingerprint density at radius 3 is 2.44 bits per heavy atom. The number of hydrogen-bond acceptors (Lipinski definition) is 2. The lowest BCUT2D eigenvalue weighted by Gasteiger charge is -2.25. The molecule has 2 nitrogen and oxygen atoms in total. The lowest BCUT2D eigenvalue weighted by atomic mass is 9.82. The fourth-order valence-electron chi connectivity index (χ4n) is 2.93. The summed E-state index contributed by atoms with van der Waals surface area (Å²) in [6.07, 6.45) is 13.1. The monoisotopic (exact) mass is 254 g/mol. The molecule has 18 heavy (non-hydrogen) atoms. The molecule has 2 heteroatoms. The van der Waals surface area contributed by atoms with Crippen LogP contribution < -0.4 is 0 Å². The Morgan fingerprint density at radius 1 is 1.11 bits per heavy atom. The zero-order valence-electron chi connectivity index (χ0n) is 12.0. The molecule has 1 rings (SSSR count). The molecule has 0 radical (unpaired) electrons. The van der Waals surface area contributed by atoms with Gasteiger partial charge in [-0.1, -0.05) is 58.3 Å². The van der Waals surface area contributed by atoms with Gasteiger partial charge in [0.1, 0.15) is 5.78 Å². The van der Waals surface area contributed by atoms with Gasteiger partial charge in [-0.25, -0.2) is 0 Å². The van der Waals surface area contributed by atoms with Gasteiger partial charge in [-0.15, -0.1) is 0 Å². The van der Waals surface area contributed by atoms with Crippen LogP contribution in [0.2, 0.25) is 0 Å². The molecular weight excluding hydrogens is 224 g/mol. The molecule has 1 saturated carbocycles. The minimum Gasteiger partial charge on any atom is -0.392 e. The lowest BCUT2D eigenvalue weighted by Crippen LogP contribution is -2.30. The number of rotatable bonds is 9. The number of aliphatic hydroxyl groups is 1. The number of ketones is 1. The second-order valence-electron chi connectivity index (χ2n) is 5.80. The van der Waals surface area contributed by atoms with Crippen LogP contribution in [0.1, 0.15) is 84.0 Å². The first-order valence-electron chi connectivity index (χ1n) is 7.96. The van der Waals surface area contributed by atoms with Gasteiger partial charge in [0.25, 0.3) is 0 Å². The Kier molecular flexibility index (Phi) is 8.32. The van der Waals surface area contributed by atoms with Crippen molar-refractivity contribution < 1.29 is 9.90 Å². The Morgan fingerprint density at radius 2 is 1.78 bits per heavy atom. The molecule has 2 atom stereocenters. The predicted octanol–water partition coefficient (Wildman–Crippen LogP) is 4.25. The first kappa shape index (κ1) is 15.7. The second-order valence-corrected chi connectivity index (χ2v) is 5.80. The van der Waals surface area contributed by atoms with E-state index in [-0.39, 0.29) is 12.0 Å². The molecule has 1 aliphatic carbocycles. The van der Waals surface area contributed by atoms with Crippen molar-refractivity contribution in [1.82, 2.24) is 0 Å². The van der Waals surface area contributed by atoms with Crippen molar-refractivity contribution in [1.29, 1.82) is 0 Å². The summed E-state index contributed by atoms with van der Waals surface area (Å²) >= 11 is 0. The molecule has 0 aromatic heterocycles. The number of Topliss-reactive ketones (excluding diaryl/α,β-unsaturated/α-hetero) is 1. The molecule has 106 valence electrons. The first-order chi connectivity index (χ1) is 8.75. The van der Waals surface area contributed by atoms with Crippen LogP contribution in [0.4, 0.5) is 0 Å². The summed E-state index contributed by atoms with van der Waals surface area (Å²) < 4.78 is 0. The first-order valence-corrected chi connectivity index (χ1v) is 7.96.